The molecule has 0 fully saturated rings. The molecule has 1 heterocycles. The van der Waals surface area contributed by atoms with E-state index in [1.54, 1.807) is 18.3 Å². The molecule has 0 amide bonds. The van der Waals surface area contributed by atoms with Crippen molar-refractivity contribution in [1.82, 2.24) is 9.78 Å². The largest absolute Gasteiger partial charge is 0.457 e. The van der Waals surface area contributed by atoms with Gasteiger partial charge in [0, 0.05) is 11.8 Å². The van der Waals surface area contributed by atoms with Gasteiger partial charge in [0.25, 0.3) is 0 Å². The van der Waals surface area contributed by atoms with Gasteiger partial charge < -0.3 is 4.74 Å². The second-order valence-corrected chi connectivity index (χ2v) is 5.94. The summed E-state index contributed by atoms with van der Waals surface area (Å²) in [5.74, 6) is 1.03. The second kappa shape index (κ2) is 7.23. The molecule has 0 atom stereocenters. The van der Waals surface area contributed by atoms with Gasteiger partial charge in [-0.2, -0.15) is 5.10 Å². The quantitative estimate of drug-likeness (QED) is 0.476. The van der Waals surface area contributed by atoms with Gasteiger partial charge >= 0.3 is 0 Å². The zero-order valence-corrected chi connectivity index (χ0v) is 14.0. The molecule has 3 nitrogen and oxygen atoms in total. The molecule has 26 heavy (non-hydrogen) atoms. The van der Waals surface area contributed by atoms with Crippen LogP contribution in [0.2, 0.25) is 0 Å². The minimum atomic E-state index is -0.278. The van der Waals surface area contributed by atoms with E-state index in [0.29, 0.717) is 11.5 Å². The minimum absolute atomic E-state index is 0.278. The summed E-state index contributed by atoms with van der Waals surface area (Å²) in [6, 6.07) is 26.0. The lowest BCUT2D eigenvalue weighted by Gasteiger charge is -2.09. The normalized spacial score (nSPS) is 10.7. The molecule has 0 aliphatic rings. The third-order valence-corrected chi connectivity index (χ3v) is 4.09. The van der Waals surface area contributed by atoms with E-state index in [1.165, 1.54) is 17.7 Å². The van der Waals surface area contributed by atoms with Gasteiger partial charge in [-0.15, -0.1) is 0 Å². The molecule has 0 aliphatic heterocycles. The van der Waals surface area contributed by atoms with Gasteiger partial charge in [0.2, 0.25) is 0 Å². The Kier molecular flexibility index (Phi) is 4.48. The van der Waals surface area contributed by atoms with E-state index in [1.807, 2.05) is 53.2 Å². The molecule has 0 saturated carbocycles. The fraction of sp³-hybridized carbons (Fsp3) is 0.0455. The number of rotatable bonds is 5. The topological polar surface area (TPSA) is 27.1 Å². The van der Waals surface area contributed by atoms with E-state index < -0.39 is 0 Å². The molecular formula is C22H17FN2O. The number of hydrogen-bond acceptors (Lipinski definition) is 2. The summed E-state index contributed by atoms with van der Waals surface area (Å²) in [6.45, 7) is 0.719. The van der Waals surface area contributed by atoms with E-state index in [0.717, 1.165) is 17.8 Å². The highest BCUT2D eigenvalue weighted by molar-refractivity contribution is 5.60. The van der Waals surface area contributed by atoms with Crippen LogP contribution in [-0.4, -0.2) is 9.78 Å². The molecule has 0 N–H and O–H groups in total. The number of nitrogens with zero attached hydrogens (tertiary/aromatic N) is 2. The van der Waals surface area contributed by atoms with Crippen molar-refractivity contribution in [2.75, 3.05) is 0 Å². The first-order valence-electron chi connectivity index (χ1n) is 8.37. The average Bonchev–Trinajstić information content (AvgIpc) is 3.13. The Morgan fingerprint density at radius 2 is 1.42 bits per heavy atom. The third-order valence-electron chi connectivity index (χ3n) is 4.09. The Morgan fingerprint density at radius 1 is 0.769 bits per heavy atom. The van der Waals surface area contributed by atoms with Crippen LogP contribution in [0, 0.1) is 5.82 Å². The molecule has 1 aromatic heterocycles. The highest BCUT2D eigenvalue weighted by Crippen LogP contribution is 2.26. The van der Waals surface area contributed by atoms with Gasteiger partial charge in [-0.1, -0.05) is 30.3 Å². The lowest BCUT2D eigenvalue weighted by atomic mass is 10.1. The Labute approximate surface area is 151 Å². The van der Waals surface area contributed by atoms with Crippen molar-refractivity contribution in [3.05, 3.63) is 103 Å². The van der Waals surface area contributed by atoms with Gasteiger partial charge in [-0.3, -0.25) is 4.68 Å². The van der Waals surface area contributed by atoms with Crippen molar-refractivity contribution >= 4 is 0 Å². The predicted molar refractivity (Wildman–Crippen MR) is 99.7 cm³/mol. The predicted octanol–water partition coefficient (Wildman–Crippen LogP) is 5.53. The van der Waals surface area contributed by atoms with Crippen LogP contribution in [0.15, 0.2) is 91.1 Å². The van der Waals surface area contributed by atoms with Crippen molar-refractivity contribution in [2.24, 2.45) is 0 Å². The summed E-state index contributed by atoms with van der Waals surface area (Å²) in [5.41, 5.74) is 3.31. The molecule has 4 aromatic rings. The average molecular weight is 344 g/mol. The maximum atomic E-state index is 13.0. The number of ether oxygens (including phenoxy) is 1. The van der Waals surface area contributed by atoms with Crippen molar-refractivity contribution < 1.29 is 9.13 Å². The zero-order chi connectivity index (χ0) is 17.8. The molecule has 0 bridgehead atoms. The fourth-order valence-corrected chi connectivity index (χ4v) is 2.79. The Balaban J connectivity index is 1.52. The molecule has 0 unspecified atom stereocenters. The summed E-state index contributed by atoms with van der Waals surface area (Å²) in [6.07, 6.45) is 1.81. The van der Waals surface area contributed by atoms with Gasteiger partial charge in [0.1, 0.15) is 17.3 Å². The smallest absolute Gasteiger partial charge is 0.127 e. The zero-order valence-electron chi connectivity index (χ0n) is 14.0. The molecule has 0 aliphatic carbocycles. The fourth-order valence-electron chi connectivity index (χ4n) is 2.79. The van der Waals surface area contributed by atoms with Crippen LogP contribution in [0.25, 0.3) is 11.3 Å². The molecule has 4 rings (SSSR count). The van der Waals surface area contributed by atoms with Crippen LogP contribution < -0.4 is 4.74 Å². The van der Waals surface area contributed by atoms with Crippen molar-refractivity contribution in [1.29, 1.82) is 0 Å². The van der Waals surface area contributed by atoms with Crippen LogP contribution >= 0.6 is 0 Å². The molecule has 0 radical (unpaired) electrons. The van der Waals surface area contributed by atoms with Crippen molar-refractivity contribution in [3.8, 4) is 22.8 Å². The maximum absolute atomic E-state index is 13.0. The second-order valence-electron chi connectivity index (χ2n) is 5.94. The van der Waals surface area contributed by atoms with Crippen molar-refractivity contribution in [2.45, 2.75) is 6.54 Å². The first-order chi connectivity index (χ1) is 12.8. The molecule has 3 aromatic carbocycles. The summed E-state index contributed by atoms with van der Waals surface area (Å²) in [4.78, 5) is 0. The highest BCUT2D eigenvalue weighted by atomic mass is 19.1. The minimum Gasteiger partial charge on any atom is -0.457 e. The van der Waals surface area contributed by atoms with E-state index in [2.05, 4.69) is 17.2 Å². The first-order valence-corrected chi connectivity index (χ1v) is 8.37. The Morgan fingerprint density at radius 3 is 2.12 bits per heavy atom. The standard InChI is InChI=1S/C22H17FN2O/c23-19-8-12-21(13-9-19)26-20-10-6-18(7-11-20)22-14-15-24-25(22)16-17-4-2-1-3-5-17/h1-15H,16H2. The lowest BCUT2D eigenvalue weighted by Crippen LogP contribution is -2.03. The summed E-state index contributed by atoms with van der Waals surface area (Å²) in [7, 11) is 0. The SMILES string of the molecule is Fc1ccc(Oc2ccc(-c3ccnn3Cc3ccccc3)cc2)cc1. The van der Waals surface area contributed by atoms with Crippen LogP contribution in [0.4, 0.5) is 4.39 Å². The van der Waals surface area contributed by atoms with Crippen LogP contribution in [0.5, 0.6) is 11.5 Å². The Bertz CT molecular complexity index is 977. The van der Waals surface area contributed by atoms with E-state index in [4.69, 9.17) is 4.74 Å². The summed E-state index contributed by atoms with van der Waals surface area (Å²) in [5, 5.41) is 4.44. The van der Waals surface area contributed by atoms with E-state index >= 15 is 0 Å². The number of aromatic nitrogens is 2. The van der Waals surface area contributed by atoms with Crippen LogP contribution in [-0.2, 0) is 6.54 Å². The van der Waals surface area contributed by atoms with Gasteiger partial charge in [0.05, 0.1) is 12.2 Å². The lowest BCUT2D eigenvalue weighted by molar-refractivity contribution is 0.480. The van der Waals surface area contributed by atoms with E-state index in [-0.39, 0.29) is 5.82 Å². The number of benzene rings is 3. The van der Waals surface area contributed by atoms with Crippen LogP contribution in [0.1, 0.15) is 5.56 Å². The maximum Gasteiger partial charge on any atom is 0.127 e. The van der Waals surface area contributed by atoms with Gasteiger partial charge in [0.15, 0.2) is 0 Å². The molecule has 0 saturated heterocycles. The summed E-state index contributed by atoms with van der Waals surface area (Å²) >= 11 is 0. The third kappa shape index (κ3) is 3.64. The molecule has 4 heteroatoms. The summed E-state index contributed by atoms with van der Waals surface area (Å²) < 4.78 is 20.7. The Hall–Kier alpha value is -3.40. The molecule has 0 spiro atoms. The molecule has 128 valence electrons. The van der Waals surface area contributed by atoms with Gasteiger partial charge in [-0.05, 0) is 60.2 Å². The van der Waals surface area contributed by atoms with E-state index in [9.17, 15) is 4.39 Å². The highest BCUT2D eigenvalue weighted by Gasteiger charge is 2.07. The number of halogens is 1. The molecular weight excluding hydrogens is 327 g/mol. The number of hydrogen-bond donors (Lipinski definition) is 0. The monoisotopic (exact) mass is 344 g/mol. The van der Waals surface area contributed by atoms with Gasteiger partial charge in [-0.25, -0.2) is 4.39 Å². The van der Waals surface area contributed by atoms with Crippen molar-refractivity contribution in [3.63, 3.8) is 0 Å². The van der Waals surface area contributed by atoms with Crippen LogP contribution in [0.3, 0.4) is 0 Å². The first kappa shape index (κ1) is 16.1.